The first kappa shape index (κ1) is 26.6. The van der Waals surface area contributed by atoms with Crippen LogP contribution in [0.1, 0.15) is 105 Å². The van der Waals surface area contributed by atoms with Crippen molar-refractivity contribution in [2.75, 3.05) is 6.61 Å². The lowest BCUT2D eigenvalue weighted by molar-refractivity contribution is -0.180. The molecule has 4 nitrogen and oxygen atoms in total. The van der Waals surface area contributed by atoms with E-state index in [4.69, 9.17) is 9.47 Å². The van der Waals surface area contributed by atoms with Crippen LogP contribution in [0.25, 0.3) is 0 Å². The van der Waals surface area contributed by atoms with Crippen LogP contribution in [0.2, 0.25) is 0 Å². The van der Waals surface area contributed by atoms with Crippen LogP contribution in [0, 0.1) is 94.2 Å². The van der Waals surface area contributed by atoms with E-state index in [0.717, 1.165) is 77.9 Å². The molecule has 1 aliphatic heterocycles. The van der Waals surface area contributed by atoms with Gasteiger partial charge in [-0.15, -0.1) is 0 Å². The Kier molecular flexibility index (Phi) is 5.96. The monoisotopic (exact) mass is 550 g/mol. The van der Waals surface area contributed by atoms with Crippen molar-refractivity contribution in [2.45, 2.75) is 111 Å². The summed E-state index contributed by atoms with van der Waals surface area (Å²) in [5.74, 6) is 12.1. The first-order chi connectivity index (χ1) is 19.1. The molecule has 0 N–H and O–H groups in total. The lowest BCUT2D eigenvalue weighted by atomic mass is 9.65. The summed E-state index contributed by atoms with van der Waals surface area (Å²) in [6.45, 7) is 12.5. The molecular weight excluding hydrogens is 496 g/mol. The van der Waals surface area contributed by atoms with Gasteiger partial charge in [0.15, 0.2) is 0 Å². The highest BCUT2D eigenvalue weighted by atomic mass is 16.6. The summed E-state index contributed by atoms with van der Waals surface area (Å²) in [6.07, 6.45) is 13.7. The van der Waals surface area contributed by atoms with E-state index >= 15 is 0 Å². The average molecular weight is 551 g/mol. The van der Waals surface area contributed by atoms with E-state index in [1.807, 2.05) is 0 Å². The molecule has 17 unspecified atom stereocenters. The maximum atomic E-state index is 13.3. The first-order valence-electron chi connectivity index (χ1n) is 17.5. The maximum Gasteiger partial charge on any atom is 0.309 e. The van der Waals surface area contributed by atoms with Crippen LogP contribution < -0.4 is 0 Å². The molecule has 0 aromatic rings. The van der Waals surface area contributed by atoms with Crippen molar-refractivity contribution in [3.05, 3.63) is 0 Å². The molecule has 4 heteroatoms. The van der Waals surface area contributed by atoms with Gasteiger partial charge in [0, 0.05) is 11.3 Å². The van der Waals surface area contributed by atoms with E-state index in [2.05, 4.69) is 34.6 Å². The molecule has 9 fully saturated rings. The Labute approximate surface area is 242 Å². The third-order valence-corrected chi connectivity index (χ3v) is 16.2. The highest BCUT2D eigenvalue weighted by Crippen LogP contribution is 2.71. The molecule has 1 spiro atoms. The Morgan fingerprint density at radius 3 is 2.15 bits per heavy atom. The number of carbonyl (C=O) groups is 2. The standard InChI is InChI=1S/C24H36O2.C12H18O2/c1-4-24(26-23(25)19-9-16-8-18(19)13(3)12(16)2)11-17-10-20(24)22-15-6-5-14(7-15)21(17)22;1-7-8(2)10-3-9(7)4-12(10)5-11(13)14-6-12/h12-22H,4-11H2,1-3H3;7-10H,3-6H2,1-2H3. The molecule has 8 aliphatic carbocycles. The zero-order chi connectivity index (χ0) is 27.7. The summed E-state index contributed by atoms with van der Waals surface area (Å²) in [6, 6.07) is 0. The second-order valence-corrected chi connectivity index (χ2v) is 17.1. The van der Waals surface area contributed by atoms with Crippen molar-refractivity contribution in [3.63, 3.8) is 0 Å². The number of fused-ring (bicyclic) bond motifs is 14. The van der Waals surface area contributed by atoms with Crippen molar-refractivity contribution in [1.29, 1.82) is 0 Å². The van der Waals surface area contributed by atoms with E-state index in [0.29, 0.717) is 30.8 Å². The number of carbonyl (C=O) groups excluding carboxylic acids is 2. The summed E-state index contributed by atoms with van der Waals surface area (Å²) in [7, 11) is 0. The third-order valence-electron chi connectivity index (χ3n) is 16.2. The minimum atomic E-state index is -0.0932. The topological polar surface area (TPSA) is 52.6 Å². The fraction of sp³-hybridized carbons (Fsp3) is 0.944. The summed E-state index contributed by atoms with van der Waals surface area (Å²) in [5.41, 5.74) is 0.164. The molecule has 0 aromatic carbocycles. The molecule has 0 aromatic heterocycles. The molecule has 9 rings (SSSR count). The van der Waals surface area contributed by atoms with Crippen LogP contribution in [-0.2, 0) is 19.1 Å². The highest BCUT2D eigenvalue weighted by molar-refractivity contribution is 5.74. The van der Waals surface area contributed by atoms with Crippen LogP contribution in [-0.4, -0.2) is 24.1 Å². The van der Waals surface area contributed by atoms with Gasteiger partial charge in [-0.1, -0.05) is 34.6 Å². The molecule has 8 bridgehead atoms. The fourth-order valence-electron chi connectivity index (χ4n) is 14.1. The van der Waals surface area contributed by atoms with Crippen molar-refractivity contribution in [2.24, 2.45) is 94.2 Å². The van der Waals surface area contributed by atoms with Crippen LogP contribution in [0.15, 0.2) is 0 Å². The molecular formula is C36H54O4. The Balaban J connectivity index is 0.000000148. The molecule has 8 saturated carbocycles. The van der Waals surface area contributed by atoms with Crippen LogP contribution >= 0.6 is 0 Å². The number of hydrogen-bond donors (Lipinski definition) is 0. The maximum absolute atomic E-state index is 13.3. The number of esters is 2. The lowest BCUT2D eigenvalue weighted by Gasteiger charge is -2.46. The smallest absolute Gasteiger partial charge is 0.309 e. The molecule has 1 saturated heterocycles. The van der Waals surface area contributed by atoms with Gasteiger partial charge in [-0.3, -0.25) is 9.59 Å². The Morgan fingerprint density at radius 1 is 0.800 bits per heavy atom. The summed E-state index contributed by atoms with van der Waals surface area (Å²) in [5, 5.41) is 0. The number of ether oxygens (including phenoxy) is 2. The Hall–Kier alpha value is -1.06. The summed E-state index contributed by atoms with van der Waals surface area (Å²) >= 11 is 0. The van der Waals surface area contributed by atoms with Gasteiger partial charge in [0.25, 0.3) is 0 Å². The van der Waals surface area contributed by atoms with Gasteiger partial charge in [0.05, 0.1) is 18.9 Å². The SMILES string of the molecule is CC1C2CC(C1C)C1(COC(=O)C1)C2.CCC1(OC(=O)C2CC3CC2C(C)C3C)CC2CC1C1C3CCC(C3)C21. The lowest BCUT2D eigenvalue weighted by Crippen LogP contribution is -2.48. The summed E-state index contributed by atoms with van der Waals surface area (Å²) < 4.78 is 11.8. The van der Waals surface area contributed by atoms with Crippen molar-refractivity contribution in [3.8, 4) is 0 Å². The van der Waals surface area contributed by atoms with Crippen molar-refractivity contribution in [1.82, 2.24) is 0 Å². The quantitative estimate of drug-likeness (QED) is 0.269. The minimum Gasteiger partial charge on any atom is -0.465 e. The number of cyclic esters (lactones) is 1. The van der Waals surface area contributed by atoms with Gasteiger partial charge in [0.1, 0.15) is 5.60 Å². The predicted molar refractivity (Wildman–Crippen MR) is 154 cm³/mol. The molecule has 222 valence electrons. The van der Waals surface area contributed by atoms with Crippen molar-refractivity contribution >= 4 is 11.9 Å². The van der Waals surface area contributed by atoms with E-state index in [1.165, 1.54) is 51.4 Å². The molecule has 17 atom stereocenters. The zero-order valence-corrected chi connectivity index (χ0v) is 25.8. The molecule has 1 heterocycles. The van der Waals surface area contributed by atoms with Gasteiger partial charge in [0.2, 0.25) is 0 Å². The van der Waals surface area contributed by atoms with E-state index in [-0.39, 0.29) is 28.9 Å². The zero-order valence-electron chi connectivity index (χ0n) is 25.8. The first-order valence-corrected chi connectivity index (χ1v) is 17.5. The van der Waals surface area contributed by atoms with Gasteiger partial charge < -0.3 is 9.47 Å². The normalized spacial score (nSPS) is 59.4. The molecule has 0 radical (unpaired) electrons. The minimum absolute atomic E-state index is 0.0393. The van der Waals surface area contributed by atoms with Crippen molar-refractivity contribution < 1.29 is 19.1 Å². The molecule has 40 heavy (non-hydrogen) atoms. The van der Waals surface area contributed by atoms with Gasteiger partial charge in [-0.25, -0.2) is 0 Å². The van der Waals surface area contributed by atoms with Gasteiger partial charge in [-0.05, 0) is 141 Å². The van der Waals surface area contributed by atoms with E-state index < -0.39 is 0 Å². The van der Waals surface area contributed by atoms with Gasteiger partial charge in [-0.2, -0.15) is 0 Å². The summed E-state index contributed by atoms with van der Waals surface area (Å²) in [4.78, 5) is 24.6. The third kappa shape index (κ3) is 3.49. The van der Waals surface area contributed by atoms with E-state index in [9.17, 15) is 9.59 Å². The number of hydrogen-bond acceptors (Lipinski definition) is 4. The second-order valence-electron chi connectivity index (χ2n) is 17.1. The van der Waals surface area contributed by atoms with Crippen LogP contribution in [0.5, 0.6) is 0 Å². The molecule has 0 amide bonds. The Bertz CT molecular complexity index is 1070. The van der Waals surface area contributed by atoms with Crippen LogP contribution in [0.4, 0.5) is 0 Å². The highest BCUT2D eigenvalue weighted by Gasteiger charge is 2.68. The van der Waals surface area contributed by atoms with Gasteiger partial charge >= 0.3 is 11.9 Å². The molecule has 9 aliphatic rings. The fourth-order valence-corrected chi connectivity index (χ4v) is 14.1. The average Bonchev–Trinajstić information content (AvgIpc) is 3.79. The largest absolute Gasteiger partial charge is 0.465 e. The predicted octanol–water partition coefficient (Wildman–Crippen LogP) is 7.54. The van der Waals surface area contributed by atoms with Crippen LogP contribution in [0.3, 0.4) is 0 Å². The number of rotatable bonds is 3. The van der Waals surface area contributed by atoms with E-state index in [1.54, 1.807) is 0 Å². The second kappa shape index (κ2) is 8.98. The Morgan fingerprint density at radius 2 is 1.52 bits per heavy atom.